The number of hydrogen-bond acceptors (Lipinski definition) is 5. The number of hydrogen-bond donors (Lipinski definition) is 0. The summed E-state index contributed by atoms with van der Waals surface area (Å²) in [5.74, 6) is -0.936. The molecular weight excluding hydrogens is 459 g/mol. The van der Waals surface area contributed by atoms with Crippen LogP contribution in [0.5, 0.6) is 5.75 Å². The van der Waals surface area contributed by atoms with Gasteiger partial charge in [-0.1, -0.05) is 44.0 Å². The predicted molar refractivity (Wildman–Crippen MR) is 136 cm³/mol. The second-order valence-electron chi connectivity index (χ2n) is 9.18. The van der Waals surface area contributed by atoms with Crippen molar-refractivity contribution >= 4 is 39.2 Å². The molecule has 1 amide bonds. The molecule has 0 spiro atoms. The molecule has 8 heteroatoms. The summed E-state index contributed by atoms with van der Waals surface area (Å²) in [4.78, 5) is 31.4. The van der Waals surface area contributed by atoms with Gasteiger partial charge in [0.15, 0.2) is 11.6 Å². The van der Waals surface area contributed by atoms with Crippen molar-refractivity contribution in [1.82, 2.24) is 14.8 Å². The van der Waals surface area contributed by atoms with Gasteiger partial charge in [-0.3, -0.25) is 14.5 Å². The highest BCUT2D eigenvalue weighted by Crippen LogP contribution is 2.33. The predicted octanol–water partition coefficient (Wildman–Crippen LogP) is 5.47. The van der Waals surface area contributed by atoms with E-state index in [1.807, 2.05) is 24.3 Å². The van der Waals surface area contributed by atoms with E-state index >= 15 is 4.39 Å². The molecule has 7 nitrogen and oxygen atoms in total. The quantitative estimate of drug-likeness (QED) is 0.267. The molecule has 1 aliphatic carbocycles. The number of carbonyl (C=O) groups is 2. The first kappa shape index (κ1) is 23.7. The molecule has 184 valence electrons. The Bertz CT molecular complexity index is 1470. The van der Waals surface area contributed by atoms with Crippen molar-refractivity contribution in [3.63, 3.8) is 0 Å². The van der Waals surface area contributed by atoms with E-state index in [-0.39, 0.29) is 29.9 Å². The normalized spacial score (nSPS) is 14.2. The van der Waals surface area contributed by atoms with Gasteiger partial charge in [-0.2, -0.15) is 5.10 Å². The number of amides is 1. The van der Waals surface area contributed by atoms with E-state index in [1.165, 1.54) is 10.9 Å². The second-order valence-corrected chi connectivity index (χ2v) is 9.18. The van der Waals surface area contributed by atoms with Gasteiger partial charge >= 0.3 is 5.97 Å². The molecular formula is C28H27FN4O3. The molecule has 2 heterocycles. The summed E-state index contributed by atoms with van der Waals surface area (Å²) in [5, 5.41) is 6.12. The van der Waals surface area contributed by atoms with Crippen LogP contribution < -0.4 is 9.64 Å². The van der Waals surface area contributed by atoms with Crippen molar-refractivity contribution in [1.29, 1.82) is 0 Å². The number of benzene rings is 2. The third-order valence-electron chi connectivity index (χ3n) is 6.83. The summed E-state index contributed by atoms with van der Waals surface area (Å²) in [5.41, 5.74) is 1.57. The van der Waals surface area contributed by atoms with Crippen LogP contribution in [-0.4, -0.2) is 26.6 Å². The van der Waals surface area contributed by atoms with E-state index in [2.05, 4.69) is 16.7 Å². The topological polar surface area (TPSA) is 77.3 Å². The number of rotatable bonds is 6. The van der Waals surface area contributed by atoms with Gasteiger partial charge in [0.2, 0.25) is 5.91 Å². The Morgan fingerprint density at radius 3 is 2.75 bits per heavy atom. The zero-order valence-corrected chi connectivity index (χ0v) is 20.1. The minimum Gasteiger partial charge on any atom is -0.422 e. The van der Waals surface area contributed by atoms with Crippen molar-refractivity contribution in [3.8, 4) is 5.75 Å². The first-order chi connectivity index (χ1) is 17.5. The average Bonchev–Trinajstić information content (AvgIpc) is 3.28. The smallest absolute Gasteiger partial charge is 0.335 e. The zero-order valence-electron chi connectivity index (χ0n) is 20.1. The molecule has 2 aromatic carbocycles. The highest BCUT2D eigenvalue weighted by atomic mass is 19.1. The number of aromatic nitrogens is 3. The van der Waals surface area contributed by atoms with Crippen molar-refractivity contribution in [2.75, 3.05) is 4.90 Å². The summed E-state index contributed by atoms with van der Waals surface area (Å²) >= 11 is 0. The number of nitrogens with zero attached hydrogens (tertiary/aromatic N) is 4. The Labute approximate surface area is 208 Å². The Morgan fingerprint density at radius 2 is 1.97 bits per heavy atom. The van der Waals surface area contributed by atoms with E-state index < -0.39 is 5.97 Å². The molecule has 1 saturated carbocycles. The molecule has 0 unspecified atom stereocenters. The van der Waals surface area contributed by atoms with E-state index in [1.54, 1.807) is 30.4 Å². The Morgan fingerprint density at radius 1 is 1.17 bits per heavy atom. The fourth-order valence-electron chi connectivity index (χ4n) is 5.06. The molecule has 1 aliphatic rings. The van der Waals surface area contributed by atoms with Crippen LogP contribution in [0.15, 0.2) is 61.6 Å². The molecule has 0 aliphatic heterocycles. The van der Waals surface area contributed by atoms with Crippen LogP contribution in [0.3, 0.4) is 0 Å². The summed E-state index contributed by atoms with van der Waals surface area (Å²) in [7, 11) is 1.71. The lowest BCUT2D eigenvalue weighted by Crippen LogP contribution is -2.37. The number of carbonyl (C=O) groups excluding carboxylic acids is 2. The van der Waals surface area contributed by atoms with Crippen LogP contribution in [0, 0.1) is 11.7 Å². The first-order valence-electron chi connectivity index (χ1n) is 12.1. The lowest BCUT2D eigenvalue weighted by atomic mass is 9.88. The summed E-state index contributed by atoms with van der Waals surface area (Å²) in [6.45, 7) is 3.57. The van der Waals surface area contributed by atoms with Gasteiger partial charge in [-0.15, -0.1) is 0 Å². The minimum absolute atomic E-state index is 0.0391. The molecule has 0 atom stereocenters. The van der Waals surface area contributed by atoms with E-state index in [9.17, 15) is 9.59 Å². The molecule has 0 N–H and O–H groups in total. The molecule has 1 fully saturated rings. The number of fused-ring (bicyclic) bond motifs is 2. The number of pyridine rings is 1. The van der Waals surface area contributed by atoms with Crippen molar-refractivity contribution in [3.05, 3.63) is 73.0 Å². The monoisotopic (exact) mass is 486 g/mol. The molecule has 4 aromatic rings. The maximum atomic E-state index is 15.8. The van der Waals surface area contributed by atoms with Gasteiger partial charge in [0.25, 0.3) is 0 Å². The van der Waals surface area contributed by atoms with Crippen LogP contribution in [0.25, 0.3) is 21.7 Å². The third-order valence-corrected chi connectivity index (χ3v) is 6.83. The lowest BCUT2D eigenvalue weighted by molar-refractivity contribution is -0.129. The molecule has 2 aromatic heterocycles. The molecule has 0 bridgehead atoms. The van der Waals surface area contributed by atoms with Gasteiger partial charge in [0, 0.05) is 35.9 Å². The Kier molecular flexibility index (Phi) is 6.50. The van der Waals surface area contributed by atoms with Crippen LogP contribution in [0.2, 0.25) is 0 Å². The third kappa shape index (κ3) is 4.46. The van der Waals surface area contributed by atoms with Gasteiger partial charge < -0.3 is 9.64 Å². The number of esters is 1. The number of ether oxygens (including phenoxy) is 1. The fraction of sp³-hybridized carbons (Fsp3) is 0.286. The highest BCUT2D eigenvalue weighted by molar-refractivity contribution is 6.00. The van der Waals surface area contributed by atoms with Crippen molar-refractivity contribution < 1.29 is 18.7 Å². The maximum absolute atomic E-state index is 15.8. The van der Waals surface area contributed by atoms with Gasteiger partial charge in [0.1, 0.15) is 5.52 Å². The zero-order chi connectivity index (χ0) is 25.2. The standard InChI is InChI=1S/C28H27FN4O3/c1-3-24(34)36-23-13-22(15-30-16-23)33(28(35)18-8-5-4-6-9-18)17-20-11-7-10-19-12-21-14-31-32(2)27(21)26(29)25(19)20/h3,7,10-16,18H,1,4-6,8-9,17H2,2H3. The lowest BCUT2D eigenvalue weighted by Gasteiger charge is -2.30. The van der Waals surface area contributed by atoms with Crippen LogP contribution in [0.4, 0.5) is 10.1 Å². The van der Waals surface area contributed by atoms with Crippen LogP contribution >= 0.6 is 0 Å². The fourth-order valence-corrected chi connectivity index (χ4v) is 5.06. The highest BCUT2D eigenvalue weighted by Gasteiger charge is 2.28. The van der Waals surface area contributed by atoms with Gasteiger partial charge in [0.05, 0.1) is 30.8 Å². The van der Waals surface area contributed by atoms with Gasteiger partial charge in [-0.05, 0) is 29.9 Å². The van der Waals surface area contributed by atoms with Crippen molar-refractivity contribution in [2.45, 2.75) is 38.6 Å². The SMILES string of the molecule is C=CC(=O)Oc1cncc(N(Cc2cccc3cc4cnn(C)c4c(F)c23)C(=O)C2CCCCC2)c1. The molecule has 5 rings (SSSR count). The molecule has 0 radical (unpaired) electrons. The number of anilines is 1. The molecule has 0 saturated heterocycles. The van der Waals surface area contributed by atoms with Crippen LogP contribution in [0.1, 0.15) is 37.7 Å². The summed E-state index contributed by atoms with van der Waals surface area (Å²) in [6.07, 6.45) is 10.4. The molecule has 36 heavy (non-hydrogen) atoms. The van der Waals surface area contributed by atoms with E-state index in [0.29, 0.717) is 22.2 Å². The first-order valence-corrected chi connectivity index (χ1v) is 12.1. The minimum atomic E-state index is -0.615. The Balaban J connectivity index is 1.60. The second kappa shape index (κ2) is 9.89. The number of aryl methyl sites for hydroxylation is 1. The summed E-state index contributed by atoms with van der Waals surface area (Å²) < 4.78 is 22.6. The van der Waals surface area contributed by atoms with E-state index in [0.717, 1.165) is 49.0 Å². The van der Waals surface area contributed by atoms with E-state index in [4.69, 9.17) is 4.74 Å². The number of halogens is 1. The largest absolute Gasteiger partial charge is 0.422 e. The van der Waals surface area contributed by atoms with Crippen molar-refractivity contribution in [2.24, 2.45) is 13.0 Å². The maximum Gasteiger partial charge on any atom is 0.335 e. The van der Waals surface area contributed by atoms with Crippen LogP contribution in [-0.2, 0) is 23.2 Å². The average molecular weight is 487 g/mol. The van der Waals surface area contributed by atoms with Gasteiger partial charge in [-0.25, -0.2) is 9.18 Å². The summed E-state index contributed by atoms with van der Waals surface area (Å²) in [6, 6.07) is 9.08. The Hall–Kier alpha value is -4.07.